The molecule has 2 N–H and O–H groups in total. The molecule has 0 aliphatic carbocycles. The monoisotopic (exact) mass is 556 g/mol. The van der Waals surface area contributed by atoms with Gasteiger partial charge in [-0.05, 0) is 12.1 Å². The summed E-state index contributed by atoms with van der Waals surface area (Å²) in [5, 5.41) is 45.8. The number of ether oxygens (including phenoxy) is 2. The standard InChI is InChI=1S/C24H24N6O10/c1-39-19-5-3-17(29(35)36)13-7-25-12-28-10-16-14(18(30(37)38)4-6-20(16)40-2)8-26-11-27(9-15(13)19)23(25,21(31)32)24(26,28)22(33)34/h3-6H,7-12H2,1-2H3,(H,31,32)(H,33,34)/t23-,24-/m1/s1. The topological polar surface area (TPSA) is 192 Å². The van der Waals surface area contributed by atoms with Gasteiger partial charge in [0, 0.05) is 49.4 Å². The van der Waals surface area contributed by atoms with E-state index in [9.17, 15) is 40.0 Å². The molecule has 4 heterocycles. The van der Waals surface area contributed by atoms with Crippen molar-refractivity contribution in [2.24, 2.45) is 0 Å². The van der Waals surface area contributed by atoms with Crippen LogP contribution < -0.4 is 9.47 Å². The van der Waals surface area contributed by atoms with Gasteiger partial charge in [-0.25, -0.2) is 9.59 Å². The molecule has 4 aliphatic rings. The number of fused-ring (bicyclic) bond motifs is 2. The predicted octanol–water partition coefficient (Wildman–Crippen LogP) is 0.960. The molecule has 2 aromatic rings. The third-order valence-corrected chi connectivity index (χ3v) is 8.55. The highest BCUT2D eigenvalue weighted by atomic mass is 16.6. The molecule has 2 fully saturated rings. The second-order valence-corrected chi connectivity index (χ2v) is 10.0. The first-order valence-electron chi connectivity index (χ1n) is 12.2. The van der Waals surface area contributed by atoms with Crippen LogP contribution in [0.5, 0.6) is 11.5 Å². The molecule has 16 heteroatoms. The summed E-state index contributed by atoms with van der Waals surface area (Å²) in [5.41, 5.74) is -3.65. The Balaban J connectivity index is 1.63. The number of nitro groups is 2. The third-order valence-electron chi connectivity index (χ3n) is 8.55. The molecule has 210 valence electrons. The first-order valence-corrected chi connectivity index (χ1v) is 12.2. The molecule has 40 heavy (non-hydrogen) atoms. The van der Waals surface area contributed by atoms with Gasteiger partial charge < -0.3 is 19.7 Å². The molecule has 2 atom stereocenters. The fourth-order valence-electron chi connectivity index (χ4n) is 7.11. The van der Waals surface area contributed by atoms with Gasteiger partial charge in [-0.3, -0.25) is 39.8 Å². The van der Waals surface area contributed by atoms with Crippen molar-refractivity contribution < 1.29 is 39.1 Å². The third kappa shape index (κ3) is 2.92. The van der Waals surface area contributed by atoms with Crippen molar-refractivity contribution in [3.05, 3.63) is 66.7 Å². The van der Waals surface area contributed by atoms with Crippen molar-refractivity contribution in [1.82, 2.24) is 19.6 Å². The van der Waals surface area contributed by atoms with Gasteiger partial charge in [-0.1, -0.05) is 0 Å². The van der Waals surface area contributed by atoms with E-state index >= 15 is 0 Å². The molecule has 2 saturated heterocycles. The Bertz CT molecular complexity index is 1400. The number of carboxylic acids is 2. The summed E-state index contributed by atoms with van der Waals surface area (Å²) in [6, 6.07) is 5.44. The average Bonchev–Trinajstić information content (AvgIpc) is 3.22. The molecule has 2 aromatic carbocycles. The first kappa shape index (κ1) is 25.9. The van der Waals surface area contributed by atoms with E-state index < -0.39 is 33.1 Å². The normalized spacial score (nSPS) is 25.8. The zero-order valence-corrected chi connectivity index (χ0v) is 21.4. The van der Waals surface area contributed by atoms with E-state index in [2.05, 4.69) is 0 Å². The lowest BCUT2D eigenvalue weighted by Gasteiger charge is -2.44. The van der Waals surface area contributed by atoms with Gasteiger partial charge in [0.25, 0.3) is 11.4 Å². The number of nitrogens with zero attached hydrogens (tertiary/aromatic N) is 6. The highest BCUT2D eigenvalue weighted by Gasteiger charge is 2.81. The van der Waals surface area contributed by atoms with Crippen molar-refractivity contribution in [2.45, 2.75) is 37.5 Å². The van der Waals surface area contributed by atoms with Crippen LogP contribution in [0.15, 0.2) is 24.3 Å². The Morgan fingerprint density at radius 1 is 0.700 bits per heavy atom. The summed E-state index contributed by atoms with van der Waals surface area (Å²) < 4.78 is 10.9. The van der Waals surface area contributed by atoms with Crippen molar-refractivity contribution in [3.8, 4) is 11.5 Å². The summed E-state index contributed by atoms with van der Waals surface area (Å²) in [6.07, 6.45) is 0. The lowest BCUT2D eigenvalue weighted by molar-refractivity contribution is -0.386. The molecule has 16 nitrogen and oxygen atoms in total. The van der Waals surface area contributed by atoms with Gasteiger partial charge >= 0.3 is 11.9 Å². The summed E-state index contributed by atoms with van der Waals surface area (Å²) in [5.74, 6) is -2.31. The molecular weight excluding hydrogens is 532 g/mol. The molecule has 0 radical (unpaired) electrons. The Hall–Kier alpha value is -4.38. The second kappa shape index (κ2) is 8.56. The maximum atomic E-state index is 13.4. The quantitative estimate of drug-likeness (QED) is 0.377. The maximum absolute atomic E-state index is 13.4. The molecular formula is C24H24N6O10. The molecule has 0 bridgehead atoms. The highest BCUT2D eigenvalue weighted by molar-refractivity contribution is 5.94. The molecule has 0 unspecified atom stereocenters. The summed E-state index contributed by atoms with van der Waals surface area (Å²) in [7, 11) is 2.78. The van der Waals surface area contributed by atoms with E-state index in [4.69, 9.17) is 9.47 Å². The smallest absolute Gasteiger partial charge is 0.343 e. The zero-order valence-electron chi connectivity index (χ0n) is 21.4. The Kier molecular flexibility index (Phi) is 5.54. The average molecular weight is 556 g/mol. The van der Waals surface area contributed by atoms with Crippen molar-refractivity contribution in [1.29, 1.82) is 0 Å². The number of hydrogen-bond donors (Lipinski definition) is 2. The van der Waals surface area contributed by atoms with Gasteiger partial charge in [0.15, 0.2) is 0 Å². The van der Waals surface area contributed by atoms with Gasteiger partial charge in [-0.15, -0.1) is 0 Å². The maximum Gasteiger partial charge on any atom is 0.343 e. The van der Waals surface area contributed by atoms with Crippen LogP contribution in [0, 0.1) is 20.2 Å². The van der Waals surface area contributed by atoms with Crippen LogP contribution in [0.4, 0.5) is 11.4 Å². The summed E-state index contributed by atoms with van der Waals surface area (Å²) in [6.45, 7) is -1.27. The number of hydrogen-bond acceptors (Lipinski definition) is 12. The van der Waals surface area contributed by atoms with Crippen LogP contribution in [0.2, 0.25) is 0 Å². The van der Waals surface area contributed by atoms with E-state index in [0.717, 1.165) is 0 Å². The molecule has 0 amide bonds. The molecule has 0 aromatic heterocycles. The van der Waals surface area contributed by atoms with Crippen LogP contribution >= 0.6 is 0 Å². The Labute approximate surface area is 225 Å². The van der Waals surface area contributed by atoms with E-state index in [1.54, 1.807) is 0 Å². The number of carbonyl (C=O) groups is 2. The summed E-state index contributed by atoms with van der Waals surface area (Å²) in [4.78, 5) is 55.5. The minimum atomic E-state index is -2.21. The number of carboxylic acid groups (broad SMARTS) is 2. The number of rotatable bonds is 6. The number of benzene rings is 2. The first-order chi connectivity index (χ1) is 19.0. The minimum absolute atomic E-state index is 0.171. The second-order valence-electron chi connectivity index (χ2n) is 10.0. The number of nitro benzene ring substituents is 2. The lowest BCUT2D eigenvalue weighted by atomic mass is 9.91. The van der Waals surface area contributed by atoms with Gasteiger partial charge in [0.2, 0.25) is 11.3 Å². The highest BCUT2D eigenvalue weighted by Crippen LogP contribution is 2.57. The molecule has 0 spiro atoms. The fraction of sp³-hybridized carbons (Fsp3) is 0.417. The van der Waals surface area contributed by atoms with Crippen molar-refractivity contribution >= 4 is 23.3 Å². The zero-order chi connectivity index (χ0) is 28.7. The molecule has 0 saturated carbocycles. The Morgan fingerprint density at radius 2 is 1.02 bits per heavy atom. The van der Waals surface area contributed by atoms with E-state index in [1.165, 1.54) is 58.1 Å². The van der Waals surface area contributed by atoms with Crippen molar-refractivity contribution in [2.75, 3.05) is 27.6 Å². The number of methoxy groups -OCH3 is 2. The lowest BCUT2D eigenvalue weighted by Crippen LogP contribution is -2.74. The SMILES string of the molecule is COc1ccc([N+](=O)[O-])c2c1CN1CN3Cc4c([N+](=O)[O-])ccc(OC)c4CN4CN(C2)[C@@]1(C(=O)O)[C@@]43C(=O)O. The predicted molar refractivity (Wildman–Crippen MR) is 132 cm³/mol. The van der Waals surface area contributed by atoms with Gasteiger partial charge in [-0.2, -0.15) is 0 Å². The van der Waals surface area contributed by atoms with Crippen molar-refractivity contribution in [3.63, 3.8) is 0 Å². The van der Waals surface area contributed by atoms with E-state index in [-0.39, 0.29) is 62.0 Å². The van der Waals surface area contributed by atoms with Crippen LogP contribution in [0.1, 0.15) is 22.3 Å². The fourth-order valence-corrected chi connectivity index (χ4v) is 7.11. The van der Waals surface area contributed by atoms with Crippen LogP contribution in [-0.4, -0.2) is 90.5 Å². The van der Waals surface area contributed by atoms with E-state index in [0.29, 0.717) is 22.6 Å². The Morgan fingerprint density at radius 3 is 1.30 bits per heavy atom. The number of aliphatic carboxylic acids is 2. The molecule has 4 aliphatic heterocycles. The van der Waals surface area contributed by atoms with Crippen LogP contribution in [-0.2, 0) is 35.8 Å². The largest absolute Gasteiger partial charge is 0.496 e. The van der Waals surface area contributed by atoms with Crippen LogP contribution in [0.25, 0.3) is 0 Å². The molecule has 6 rings (SSSR count). The summed E-state index contributed by atoms with van der Waals surface area (Å²) >= 11 is 0. The van der Waals surface area contributed by atoms with E-state index in [1.807, 2.05) is 0 Å². The van der Waals surface area contributed by atoms with Gasteiger partial charge in [0.1, 0.15) is 11.5 Å². The van der Waals surface area contributed by atoms with Gasteiger partial charge in [0.05, 0.1) is 48.5 Å². The minimum Gasteiger partial charge on any atom is -0.496 e. The van der Waals surface area contributed by atoms with Crippen LogP contribution in [0.3, 0.4) is 0 Å².